The van der Waals surface area contributed by atoms with Crippen LogP contribution in [0.5, 0.6) is 0 Å². The summed E-state index contributed by atoms with van der Waals surface area (Å²) in [7, 11) is -3.55. The Labute approximate surface area is 138 Å². The van der Waals surface area contributed by atoms with Gasteiger partial charge in [0.15, 0.2) is 0 Å². The molecule has 0 spiro atoms. The minimum absolute atomic E-state index is 0.122. The first kappa shape index (κ1) is 17.9. The maximum absolute atomic E-state index is 12.5. The van der Waals surface area contributed by atoms with Crippen LogP contribution >= 0.6 is 0 Å². The molecular weight excluding hydrogens is 312 g/mol. The summed E-state index contributed by atoms with van der Waals surface area (Å²) in [4.78, 5) is 12.6. The van der Waals surface area contributed by atoms with Crippen molar-refractivity contribution in [3.8, 4) is 0 Å². The molecule has 1 aromatic carbocycles. The monoisotopic (exact) mass is 338 g/mol. The fourth-order valence-corrected chi connectivity index (χ4v) is 4.20. The molecule has 3 unspecified atom stereocenters. The van der Waals surface area contributed by atoms with Crippen LogP contribution in [-0.2, 0) is 10.0 Å². The lowest BCUT2D eigenvalue weighted by Crippen LogP contribution is -2.43. The van der Waals surface area contributed by atoms with Crippen molar-refractivity contribution < 1.29 is 13.2 Å². The van der Waals surface area contributed by atoms with E-state index in [9.17, 15) is 13.2 Å². The summed E-state index contributed by atoms with van der Waals surface area (Å²) in [6, 6.07) is 6.34. The molecule has 1 aromatic rings. The Hall–Kier alpha value is -1.40. The fourth-order valence-electron chi connectivity index (χ4n) is 3.12. The number of rotatable bonds is 5. The summed E-state index contributed by atoms with van der Waals surface area (Å²) >= 11 is 0. The quantitative estimate of drug-likeness (QED) is 0.866. The normalized spacial score (nSPS) is 25.1. The standard InChI is InChI=1S/C17H26N2O3S/c1-4-18-23(21,22)15-9-6-8-14(11-15)17(20)19-16-10-5-7-12(2)13(16)3/h6,8-9,11-13,16,18H,4-5,7,10H2,1-3H3,(H,19,20). The Balaban J connectivity index is 2.14. The van der Waals surface area contributed by atoms with Crippen LogP contribution in [0.1, 0.15) is 50.4 Å². The van der Waals surface area contributed by atoms with E-state index in [0.29, 0.717) is 23.9 Å². The second-order valence-corrected chi connectivity index (χ2v) is 8.14. The summed E-state index contributed by atoms with van der Waals surface area (Å²) in [5.74, 6) is 0.820. The van der Waals surface area contributed by atoms with E-state index in [0.717, 1.165) is 12.8 Å². The van der Waals surface area contributed by atoms with Crippen molar-refractivity contribution in [1.29, 1.82) is 0 Å². The second-order valence-electron chi connectivity index (χ2n) is 6.38. The van der Waals surface area contributed by atoms with Gasteiger partial charge in [-0.3, -0.25) is 4.79 Å². The van der Waals surface area contributed by atoms with Crippen molar-refractivity contribution in [2.45, 2.75) is 51.0 Å². The van der Waals surface area contributed by atoms with Crippen LogP contribution in [0.2, 0.25) is 0 Å². The van der Waals surface area contributed by atoms with E-state index >= 15 is 0 Å². The lowest BCUT2D eigenvalue weighted by atomic mass is 9.78. The molecule has 128 valence electrons. The second kappa shape index (κ2) is 7.45. The van der Waals surface area contributed by atoms with Gasteiger partial charge in [-0.2, -0.15) is 0 Å². The Morgan fingerprint density at radius 2 is 2.00 bits per heavy atom. The van der Waals surface area contributed by atoms with Gasteiger partial charge in [0.05, 0.1) is 4.90 Å². The van der Waals surface area contributed by atoms with Gasteiger partial charge >= 0.3 is 0 Å². The molecule has 0 aromatic heterocycles. The molecule has 2 N–H and O–H groups in total. The number of nitrogens with one attached hydrogen (secondary N) is 2. The zero-order chi connectivity index (χ0) is 17.0. The summed E-state index contributed by atoms with van der Waals surface area (Å²) in [6.07, 6.45) is 3.29. The molecule has 0 saturated heterocycles. The van der Waals surface area contributed by atoms with Crippen molar-refractivity contribution >= 4 is 15.9 Å². The number of carbonyl (C=O) groups excluding carboxylic acids is 1. The first-order valence-corrected chi connectivity index (χ1v) is 9.74. The van der Waals surface area contributed by atoms with Gasteiger partial charge in [-0.05, 0) is 36.5 Å². The zero-order valence-electron chi connectivity index (χ0n) is 14.0. The third-order valence-corrected chi connectivity index (χ3v) is 6.31. The van der Waals surface area contributed by atoms with Crippen LogP contribution in [0.3, 0.4) is 0 Å². The van der Waals surface area contributed by atoms with Crippen molar-refractivity contribution in [3.63, 3.8) is 0 Å². The highest BCUT2D eigenvalue weighted by atomic mass is 32.2. The number of carbonyl (C=O) groups is 1. The van der Waals surface area contributed by atoms with Gasteiger partial charge in [-0.1, -0.05) is 39.7 Å². The van der Waals surface area contributed by atoms with E-state index in [4.69, 9.17) is 0 Å². The summed E-state index contributed by atoms with van der Waals surface area (Å²) in [5.41, 5.74) is 0.384. The number of hydrogen-bond acceptors (Lipinski definition) is 3. The molecule has 2 rings (SSSR count). The predicted molar refractivity (Wildman–Crippen MR) is 90.7 cm³/mol. The maximum Gasteiger partial charge on any atom is 0.251 e. The van der Waals surface area contributed by atoms with Crippen LogP contribution in [-0.4, -0.2) is 26.9 Å². The molecule has 23 heavy (non-hydrogen) atoms. The average Bonchev–Trinajstić information content (AvgIpc) is 2.52. The molecular formula is C17H26N2O3S. The van der Waals surface area contributed by atoms with Crippen LogP contribution in [0, 0.1) is 11.8 Å². The third-order valence-electron chi connectivity index (χ3n) is 4.76. The lowest BCUT2D eigenvalue weighted by Gasteiger charge is -2.34. The fraction of sp³-hybridized carbons (Fsp3) is 0.588. The van der Waals surface area contributed by atoms with Crippen molar-refractivity contribution in [3.05, 3.63) is 29.8 Å². The molecule has 0 radical (unpaired) electrons. The third kappa shape index (κ3) is 4.32. The molecule has 1 aliphatic carbocycles. The van der Waals surface area contributed by atoms with Crippen LogP contribution in [0.15, 0.2) is 29.2 Å². The van der Waals surface area contributed by atoms with Gasteiger partial charge in [0.25, 0.3) is 5.91 Å². The van der Waals surface area contributed by atoms with Crippen molar-refractivity contribution in [2.24, 2.45) is 11.8 Å². The van der Waals surface area contributed by atoms with Crippen molar-refractivity contribution in [1.82, 2.24) is 10.0 Å². The molecule has 0 aliphatic heterocycles. The topological polar surface area (TPSA) is 75.3 Å². The molecule has 1 aliphatic rings. The SMILES string of the molecule is CCNS(=O)(=O)c1cccc(C(=O)NC2CCCC(C)C2C)c1. The smallest absolute Gasteiger partial charge is 0.251 e. The van der Waals surface area contributed by atoms with E-state index in [1.807, 2.05) is 0 Å². The number of benzene rings is 1. The van der Waals surface area contributed by atoms with Gasteiger partial charge in [0.2, 0.25) is 10.0 Å². The minimum atomic E-state index is -3.55. The van der Waals surface area contributed by atoms with Crippen LogP contribution in [0.25, 0.3) is 0 Å². The maximum atomic E-state index is 12.5. The van der Waals surface area contributed by atoms with Crippen LogP contribution in [0.4, 0.5) is 0 Å². The number of amides is 1. The average molecular weight is 338 g/mol. The van der Waals surface area contributed by atoms with Gasteiger partial charge in [-0.15, -0.1) is 0 Å². The van der Waals surface area contributed by atoms with Crippen LogP contribution < -0.4 is 10.0 Å². The zero-order valence-corrected chi connectivity index (χ0v) is 14.8. The summed E-state index contributed by atoms with van der Waals surface area (Å²) < 4.78 is 26.5. The van der Waals surface area contributed by atoms with Gasteiger partial charge in [0, 0.05) is 18.2 Å². The highest BCUT2D eigenvalue weighted by molar-refractivity contribution is 7.89. The highest BCUT2D eigenvalue weighted by Gasteiger charge is 2.28. The van der Waals surface area contributed by atoms with Gasteiger partial charge in [-0.25, -0.2) is 13.1 Å². The molecule has 1 fully saturated rings. The van der Waals surface area contributed by atoms with E-state index in [1.54, 1.807) is 19.1 Å². The van der Waals surface area contributed by atoms with E-state index in [2.05, 4.69) is 23.9 Å². The van der Waals surface area contributed by atoms with E-state index < -0.39 is 10.0 Å². The first-order chi connectivity index (χ1) is 10.8. The molecule has 1 saturated carbocycles. The van der Waals surface area contributed by atoms with Gasteiger partial charge in [0.1, 0.15) is 0 Å². The van der Waals surface area contributed by atoms with Gasteiger partial charge < -0.3 is 5.32 Å². The molecule has 0 heterocycles. The Bertz CT molecular complexity index is 658. The first-order valence-electron chi connectivity index (χ1n) is 8.25. The predicted octanol–water partition coefficient (Wildman–Crippen LogP) is 2.54. The molecule has 6 heteroatoms. The summed E-state index contributed by atoms with van der Waals surface area (Å²) in [5, 5.41) is 3.07. The molecule has 1 amide bonds. The molecule has 3 atom stereocenters. The highest BCUT2D eigenvalue weighted by Crippen LogP contribution is 2.29. The Kier molecular flexibility index (Phi) is 5.81. The van der Waals surface area contributed by atoms with E-state index in [1.165, 1.54) is 18.6 Å². The largest absolute Gasteiger partial charge is 0.349 e. The van der Waals surface area contributed by atoms with E-state index in [-0.39, 0.29) is 16.8 Å². The summed E-state index contributed by atoms with van der Waals surface area (Å²) in [6.45, 7) is 6.42. The molecule has 5 nitrogen and oxygen atoms in total. The Morgan fingerprint density at radius 3 is 2.70 bits per heavy atom. The Morgan fingerprint density at radius 1 is 1.26 bits per heavy atom. The molecule has 0 bridgehead atoms. The minimum Gasteiger partial charge on any atom is -0.349 e. The number of sulfonamides is 1. The lowest BCUT2D eigenvalue weighted by molar-refractivity contribution is 0.0891. The van der Waals surface area contributed by atoms with Crippen molar-refractivity contribution in [2.75, 3.05) is 6.54 Å². The number of hydrogen-bond donors (Lipinski definition) is 2.